The molecule has 0 N–H and O–H groups in total. The molecule has 0 aliphatic rings. The fourth-order valence-electron chi connectivity index (χ4n) is 2.18. The molecule has 0 atom stereocenters. The first kappa shape index (κ1) is 17.5. The average molecular weight is 253 g/mol. The molecule has 0 saturated heterocycles. The fraction of sp³-hybridized carbons (Fsp3) is 1.00. The molecule has 0 fully saturated rings. The maximum atomic E-state index is 2.34. The molecule has 0 aromatic carbocycles. The summed E-state index contributed by atoms with van der Waals surface area (Å²) in [6, 6.07) is 0. The van der Waals surface area contributed by atoms with Crippen molar-refractivity contribution < 1.29 is 0 Å². The molecule has 0 aromatic rings. The Morgan fingerprint density at radius 1 is 0.588 bits per heavy atom. The van der Waals surface area contributed by atoms with Crippen LogP contribution in [0.2, 0.25) is 10.6 Å². The second kappa shape index (κ2) is 13.0. The first-order valence-corrected chi connectivity index (χ1v) is 9.58. The van der Waals surface area contributed by atoms with Gasteiger partial charge in [0.2, 0.25) is 0 Å². The van der Waals surface area contributed by atoms with Crippen LogP contribution in [0.5, 0.6) is 0 Å². The van der Waals surface area contributed by atoms with Gasteiger partial charge in [0.25, 0.3) is 0 Å². The fourth-order valence-corrected chi connectivity index (χ4v) is 3.62. The van der Waals surface area contributed by atoms with Crippen LogP contribution in [-0.4, -0.2) is 15.2 Å². The van der Waals surface area contributed by atoms with Gasteiger partial charge >= 0.3 is 117 Å². The van der Waals surface area contributed by atoms with Crippen LogP contribution in [0.4, 0.5) is 0 Å². The summed E-state index contributed by atoms with van der Waals surface area (Å²) in [5, 5.41) is 3.12. The van der Waals surface area contributed by atoms with Gasteiger partial charge < -0.3 is 0 Å². The first-order valence-electron chi connectivity index (χ1n) is 7.94. The van der Waals surface area contributed by atoms with Crippen molar-refractivity contribution in [1.29, 1.82) is 0 Å². The van der Waals surface area contributed by atoms with Gasteiger partial charge in [0.1, 0.15) is 0 Å². The Bertz CT molecular complexity index is 124. The van der Waals surface area contributed by atoms with Crippen LogP contribution < -0.4 is 0 Å². The predicted octanol–water partition coefficient (Wildman–Crippen LogP) is 5.96. The van der Waals surface area contributed by atoms with Crippen molar-refractivity contribution >= 4 is 15.2 Å². The van der Waals surface area contributed by atoms with E-state index in [4.69, 9.17) is 0 Å². The van der Waals surface area contributed by atoms with Crippen molar-refractivity contribution in [3.8, 4) is 0 Å². The van der Waals surface area contributed by atoms with E-state index in [-0.39, 0.29) is 0 Å². The van der Waals surface area contributed by atoms with Gasteiger partial charge in [-0.15, -0.1) is 0 Å². The van der Waals surface area contributed by atoms with Crippen LogP contribution in [0.3, 0.4) is 0 Å². The Morgan fingerprint density at radius 2 is 1.00 bits per heavy atom. The quantitative estimate of drug-likeness (QED) is 0.297. The molecule has 0 aliphatic carbocycles. The van der Waals surface area contributed by atoms with Crippen LogP contribution in [0.1, 0.15) is 79.1 Å². The molecule has 0 rings (SSSR count). The second-order valence-corrected chi connectivity index (χ2v) is 8.08. The third-order valence-electron chi connectivity index (χ3n) is 3.38. The predicted molar refractivity (Wildman–Crippen MR) is 82.0 cm³/mol. The van der Waals surface area contributed by atoms with E-state index in [1.165, 1.54) is 51.4 Å². The molecular formula is C16H34Al+. The topological polar surface area (TPSA) is 0 Å². The zero-order valence-corrected chi connectivity index (χ0v) is 14.0. The molecule has 100 valence electrons. The number of hydrogen-bond donors (Lipinski definition) is 0. The Balaban J connectivity index is 2.94. The summed E-state index contributed by atoms with van der Waals surface area (Å²) in [5.74, 6) is 1.81. The molecule has 0 radical (unpaired) electrons. The summed E-state index contributed by atoms with van der Waals surface area (Å²) in [6.45, 7) is 9.34. The Morgan fingerprint density at radius 3 is 1.35 bits per heavy atom. The van der Waals surface area contributed by atoms with Crippen molar-refractivity contribution in [3.63, 3.8) is 0 Å². The van der Waals surface area contributed by atoms with Gasteiger partial charge in [-0.3, -0.25) is 0 Å². The summed E-state index contributed by atoms with van der Waals surface area (Å²) < 4.78 is 0. The van der Waals surface area contributed by atoms with E-state index in [1.807, 2.05) is 0 Å². The standard InChI is InChI=1S/2C8H17.Al/c2*1-4-5-6-7-8(2)3;/h2*8H,1,4-7H2,2-3H3;/q;;+1. The Hall–Kier alpha value is 0.532. The SMILES string of the molecule is CC(C)CCCC[CH2][Al+][CH2]CCCCC(C)C. The zero-order chi connectivity index (χ0) is 12.9. The van der Waals surface area contributed by atoms with Gasteiger partial charge in [0, 0.05) is 0 Å². The summed E-state index contributed by atoms with van der Waals surface area (Å²) in [5.41, 5.74) is 0. The molecule has 0 nitrogen and oxygen atoms in total. The summed E-state index contributed by atoms with van der Waals surface area (Å²) in [7, 11) is 0. The van der Waals surface area contributed by atoms with E-state index < -0.39 is 0 Å². The number of unbranched alkanes of at least 4 members (excludes halogenated alkanes) is 4. The third-order valence-corrected chi connectivity index (χ3v) is 5.01. The van der Waals surface area contributed by atoms with E-state index >= 15 is 0 Å². The van der Waals surface area contributed by atoms with Gasteiger partial charge in [0.05, 0.1) is 0 Å². The normalized spacial score (nSPS) is 11.2. The molecule has 0 saturated carbocycles. The van der Waals surface area contributed by atoms with E-state index in [0.29, 0.717) is 0 Å². The Labute approximate surface area is 117 Å². The summed E-state index contributed by atoms with van der Waals surface area (Å²) in [4.78, 5) is 0. The molecule has 0 aliphatic heterocycles. The molecule has 0 bridgehead atoms. The maximum absolute atomic E-state index is 2.34. The van der Waals surface area contributed by atoms with Crippen molar-refractivity contribution in [3.05, 3.63) is 0 Å². The van der Waals surface area contributed by atoms with Crippen molar-refractivity contribution in [2.75, 3.05) is 0 Å². The van der Waals surface area contributed by atoms with Crippen molar-refractivity contribution in [2.45, 2.75) is 89.6 Å². The minimum absolute atomic E-state index is 0.780. The van der Waals surface area contributed by atoms with E-state index in [0.717, 1.165) is 27.1 Å². The van der Waals surface area contributed by atoms with E-state index in [2.05, 4.69) is 27.7 Å². The molecule has 0 aromatic heterocycles. The van der Waals surface area contributed by atoms with E-state index in [9.17, 15) is 0 Å². The summed E-state index contributed by atoms with van der Waals surface area (Å²) >= 11 is 0.780. The van der Waals surface area contributed by atoms with Crippen LogP contribution in [0, 0.1) is 11.8 Å². The van der Waals surface area contributed by atoms with Gasteiger partial charge in [-0.1, -0.05) is 0 Å². The number of rotatable bonds is 12. The molecule has 1 heteroatoms. The van der Waals surface area contributed by atoms with Crippen LogP contribution in [0.15, 0.2) is 0 Å². The zero-order valence-electron chi connectivity index (χ0n) is 12.8. The average Bonchev–Trinajstić information content (AvgIpc) is 2.25. The first-order chi connectivity index (χ1) is 8.13. The number of hydrogen-bond acceptors (Lipinski definition) is 0. The van der Waals surface area contributed by atoms with Gasteiger partial charge in [-0.2, -0.15) is 0 Å². The van der Waals surface area contributed by atoms with Crippen molar-refractivity contribution in [1.82, 2.24) is 0 Å². The third kappa shape index (κ3) is 16.5. The van der Waals surface area contributed by atoms with Crippen LogP contribution in [-0.2, 0) is 0 Å². The van der Waals surface area contributed by atoms with Crippen LogP contribution in [0.25, 0.3) is 0 Å². The minimum atomic E-state index is 0.780. The molecule has 0 heterocycles. The molecular weight excluding hydrogens is 219 g/mol. The Kier molecular flexibility index (Phi) is 13.4. The van der Waals surface area contributed by atoms with Gasteiger partial charge in [0.15, 0.2) is 0 Å². The van der Waals surface area contributed by atoms with Crippen LogP contribution >= 0.6 is 0 Å². The molecule has 0 spiro atoms. The van der Waals surface area contributed by atoms with Gasteiger partial charge in [-0.25, -0.2) is 0 Å². The monoisotopic (exact) mass is 253 g/mol. The van der Waals surface area contributed by atoms with E-state index in [1.54, 1.807) is 10.6 Å². The summed E-state index contributed by atoms with van der Waals surface area (Å²) in [6.07, 6.45) is 11.8. The van der Waals surface area contributed by atoms with Crippen molar-refractivity contribution in [2.24, 2.45) is 11.8 Å². The molecule has 0 amide bonds. The second-order valence-electron chi connectivity index (χ2n) is 6.35. The molecule has 0 unspecified atom stereocenters. The van der Waals surface area contributed by atoms with Gasteiger partial charge in [-0.05, 0) is 0 Å². The molecule has 17 heavy (non-hydrogen) atoms.